The Hall–Kier alpha value is -2.83. The van der Waals surface area contributed by atoms with Crippen LogP contribution in [-0.4, -0.2) is 33.8 Å². The number of carboxylic acids is 1. The molecule has 1 aliphatic rings. The smallest absolute Gasteiger partial charge is 0.353 e. The Kier molecular flexibility index (Phi) is 2.86. The van der Waals surface area contributed by atoms with Crippen LogP contribution in [0, 0.1) is 0 Å². The number of carbonyl (C=O) groups excluding carboxylic acids is 1. The van der Waals surface area contributed by atoms with Crippen LogP contribution in [0.3, 0.4) is 0 Å². The second kappa shape index (κ2) is 4.69. The number of nitrogens with one attached hydrogen (secondary N) is 2. The average Bonchev–Trinajstić information content (AvgIpc) is 3.04. The van der Waals surface area contributed by atoms with E-state index in [2.05, 4.69) is 15.5 Å². The van der Waals surface area contributed by atoms with Crippen molar-refractivity contribution in [2.45, 2.75) is 5.92 Å². The number of hydrogen-bond acceptors (Lipinski definition) is 4. The van der Waals surface area contributed by atoms with E-state index in [-0.39, 0.29) is 24.0 Å². The molecule has 2 aromatic rings. The Labute approximate surface area is 113 Å². The molecule has 7 nitrogen and oxygen atoms in total. The van der Waals surface area contributed by atoms with Crippen LogP contribution in [0.25, 0.3) is 0 Å². The highest BCUT2D eigenvalue weighted by atomic mass is 16.5. The second-order valence-electron chi connectivity index (χ2n) is 4.36. The monoisotopic (exact) mass is 273 g/mol. The fourth-order valence-electron chi connectivity index (χ4n) is 2.09. The number of benzene rings is 1. The number of anilines is 1. The van der Waals surface area contributed by atoms with Gasteiger partial charge in [0.2, 0.25) is 5.91 Å². The molecule has 20 heavy (non-hydrogen) atoms. The molecule has 7 heteroatoms. The van der Waals surface area contributed by atoms with Gasteiger partial charge < -0.3 is 15.2 Å². The minimum absolute atomic E-state index is 0.0802. The first-order chi connectivity index (χ1) is 9.65. The first-order valence-corrected chi connectivity index (χ1v) is 5.96. The zero-order valence-corrected chi connectivity index (χ0v) is 10.3. The quantitative estimate of drug-likeness (QED) is 0.780. The number of aromatic nitrogens is 2. The molecule has 0 spiro atoms. The molecule has 1 amide bonds. The van der Waals surface area contributed by atoms with Crippen LogP contribution >= 0.6 is 0 Å². The van der Waals surface area contributed by atoms with Gasteiger partial charge in [0.1, 0.15) is 24.0 Å². The number of fused-ring (bicyclic) bond motifs is 1. The molecular weight excluding hydrogens is 262 g/mol. The topological polar surface area (TPSA) is 104 Å². The molecule has 0 saturated carbocycles. The van der Waals surface area contributed by atoms with Crippen LogP contribution in [0.2, 0.25) is 0 Å². The number of carbonyl (C=O) groups is 2. The van der Waals surface area contributed by atoms with Crippen LogP contribution in [0.15, 0.2) is 30.3 Å². The Morgan fingerprint density at radius 2 is 2.20 bits per heavy atom. The van der Waals surface area contributed by atoms with E-state index in [0.29, 0.717) is 5.75 Å². The van der Waals surface area contributed by atoms with E-state index in [0.717, 1.165) is 5.56 Å². The van der Waals surface area contributed by atoms with E-state index in [1.807, 2.05) is 18.2 Å². The van der Waals surface area contributed by atoms with Gasteiger partial charge in [0.05, 0.1) is 0 Å². The molecule has 1 aliphatic heterocycles. The van der Waals surface area contributed by atoms with Crippen molar-refractivity contribution in [1.82, 2.24) is 10.2 Å². The van der Waals surface area contributed by atoms with Crippen molar-refractivity contribution in [2.24, 2.45) is 0 Å². The number of para-hydroxylation sites is 1. The van der Waals surface area contributed by atoms with E-state index in [4.69, 9.17) is 9.84 Å². The molecule has 0 saturated heterocycles. The van der Waals surface area contributed by atoms with Gasteiger partial charge in [0.15, 0.2) is 5.82 Å². The van der Waals surface area contributed by atoms with Gasteiger partial charge in [-0.3, -0.25) is 9.89 Å². The third kappa shape index (κ3) is 2.09. The summed E-state index contributed by atoms with van der Waals surface area (Å²) in [6, 6.07) is 8.58. The van der Waals surface area contributed by atoms with Gasteiger partial charge >= 0.3 is 5.97 Å². The van der Waals surface area contributed by atoms with E-state index in [9.17, 15) is 9.59 Å². The normalized spacial score (nSPS) is 16.3. The maximum absolute atomic E-state index is 12.2. The second-order valence-corrected chi connectivity index (χ2v) is 4.36. The van der Waals surface area contributed by atoms with Crippen LogP contribution in [0.5, 0.6) is 5.75 Å². The van der Waals surface area contributed by atoms with Gasteiger partial charge in [0.25, 0.3) is 0 Å². The summed E-state index contributed by atoms with van der Waals surface area (Å²) in [4.78, 5) is 22.9. The molecule has 1 aromatic carbocycles. The first kappa shape index (κ1) is 12.2. The Morgan fingerprint density at radius 1 is 1.40 bits per heavy atom. The molecule has 102 valence electrons. The Bertz CT molecular complexity index is 680. The lowest BCUT2D eigenvalue weighted by Crippen LogP contribution is -2.22. The summed E-state index contributed by atoms with van der Waals surface area (Å²) in [5.74, 6) is -0.959. The number of nitrogens with zero attached hydrogens (tertiary/aromatic N) is 1. The van der Waals surface area contributed by atoms with Gasteiger partial charge in [-0.2, -0.15) is 5.10 Å². The van der Waals surface area contributed by atoms with Crippen LogP contribution in [0.1, 0.15) is 22.0 Å². The first-order valence-electron chi connectivity index (χ1n) is 5.96. The molecule has 2 heterocycles. The summed E-state index contributed by atoms with van der Waals surface area (Å²) in [5, 5.41) is 17.4. The molecule has 1 unspecified atom stereocenters. The number of hydrogen-bond donors (Lipinski definition) is 3. The summed E-state index contributed by atoms with van der Waals surface area (Å²) in [5.41, 5.74) is 0.738. The molecule has 1 aromatic heterocycles. The summed E-state index contributed by atoms with van der Waals surface area (Å²) in [6.45, 7) is 0.265. The number of aromatic carboxylic acids is 1. The summed E-state index contributed by atoms with van der Waals surface area (Å²) < 4.78 is 5.43. The molecule has 0 radical (unpaired) electrons. The molecule has 3 rings (SSSR count). The van der Waals surface area contributed by atoms with Crippen LogP contribution in [0.4, 0.5) is 5.82 Å². The lowest BCUT2D eigenvalue weighted by Gasteiger charge is -2.07. The van der Waals surface area contributed by atoms with Crippen molar-refractivity contribution in [3.05, 3.63) is 41.6 Å². The lowest BCUT2D eigenvalue weighted by atomic mass is 10.0. The van der Waals surface area contributed by atoms with Crippen LogP contribution in [-0.2, 0) is 4.79 Å². The van der Waals surface area contributed by atoms with Crippen molar-refractivity contribution in [3.63, 3.8) is 0 Å². The summed E-state index contributed by atoms with van der Waals surface area (Å²) >= 11 is 0. The van der Waals surface area contributed by atoms with Gasteiger partial charge in [-0.15, -0.1) is 0 Å². The summed E-state index contributed by atoms with van der Waals surface area (Å²) in [6.07, 6.45) is 0. The largest absolute Gasteiger partial charge is 0.492 e. The highest BCUT2D eigenvalue weighted by Gasteiger charge is 2.30. The number of rotatable bonds is 3. The number of carboxylic acid groups (broad SMARTS) is 1. The standard InChI is InChI=1S/C13H11N3O4/c17-12(14-11-5-9(13(18)19)15-16-11)8-6-20-10-4-2-1-3-7(8)10/h1-5,8H,6H2,(H,18,19)(H2,14,15,16,17). The van der Waals surface area contributed by atoms with Crippen molar-refractivity contribution < 1.29 is 19.4 Å². The van der Waals surface area contributed by atoms with E-state index in [1.54, 1.807) is 6.07 Å². The molecule has 0 fully saturated rings. The summed E-state index contributed by atoms with van der Waals surface area (Å²) in [7, 11) is 0. The van der Waals surface area contributed by atoms with Crippen molar-refractivity contribution in [3.8, 4) is 5.75 Å². The Balaban J connectivity index is 1.75. The predicted octanol–water partition coefficient (Wildman–Crippen LogP) is 1.22. The molecular formula is C13H11N3O4. The minimum Gasteiger partial charge on any atom is -0.492 e. The Morgan fingerprint density at radius 3 is 2.95 bits per heavy atom. The van der Waals surface area contributed by atoms with Crippen molar-refractivity contribution in [2.75, 3.05) is 11.9 Å². The van der Waals surface area contributed by atoms with Crippen molar-refractivity contribution in [1.29, 1.82) is 0 Å². The number of ether oxygens (including phenoxy) is 1. The van der Waals surface area contributed by atoms with E-state index < -0.39 is 11.9 Å². The third-order valence-corrected chi connectivity index (χ3v) is 3.08. The SMILES string of the molecule is O=C(O)c1cc(NC(=O)C2COc3ccccc32)n[nH]1. The molecule has 0 bridgehead atoms. The highest BCUT2D eigenvalue weighted by Crippen LogP contribution is 2.33. The fraction of sp³-hybridized carbons (Fsp3) is 0.154. The zero-order valence-electron chi connectivity index (χ0n) is 10.3. The number of amides is 1. The van der Waals surface area contributed by atoms with Gasteiger partial charge in [-0.1, -0.05) is 18.2 Å². The maximum Gasteiger partial charge on any atom is 0.353 e. The number of H-pyrrole nitrogens is 1. The van der Waals surface area contributed by atoms with Gasteiger partial charge in [-0.05, 0) is 6.07 Å². The highest BCUT2D eigenvalue weighted by molar-refractivity contribution is 5.97. The van der Waals surface area contributed by atoms with Gasteiger partial charge in [-0.25, -0.2) is 4.79 Å². The third-order valence-electron chi connectivity index (χ3n) is 3.08. The van der Waals surface area contributed by atoms with E-state index >= 15 is 0 Å². The predicted molar refractivity (Wildman–Crippen MR) is 68.9 cm³/mol. The number of aromatic amines is 1. The fourth-order valence-corrected chi connectivity index (χ4v) is 2.09. The molecule has 3 N–H and O–H groups in total. The van der Waals surface area contributed by atoms with Crippen molar-refractivity contribution >= 4 is 17.7 Å². The van der Waals surface area contributed by atoms with Crippen LogP contribution < -0.4 is 10.1 Å². The zero-order chi connectivity index (χ0) is 14.1. The molecule has 0 aliphatic carbocycles. The lowest BCUT2D eigenvalue weighted by molar-refractivity contribution is -0.117. The van der Waals surface area contributed by atoms with E-state index in [1.165, 1.54) is 6.07 Å². The minimum atomic E-state index is -1.13. The van der Waals surface area contributed by atoms with Gasteiger partial charge in [0, 0.05) is 11.6 Å². The average molecular weight is 273 g/mol. The maximum atomic E-state index is 12.2. The molecule has 1 atom stereocenters.